The molecule has 0 aliphatic heterocycles. The van der Waals surface area contributed by atoms with E-state index in [2.05, 4.69) is 23.0 Å². The summed E-state index contributed by atoms with van der Waals surface area (Å²) in [6, 6.07) is 9.84. The van der Waals surface area contributed by atoms with Gasteiger partial charge in [-0.25, -0.2) is 9.97 Å². The summed E-state index contributed by atoms with van der Waals surface area (Å²) in [7, 11) is 0. The summed E-state index contributed by atoms with van der Waals surface area (Å²) in [5, 5.41) is 3.45. The summed E-state index contributed by atoms with van der Waals surface area (Å²) < 4.78 is 0. The van der Waals surface area contributed by atoms with E-state index in [1.54, 1.807) is 11.3 Å². The monoisotopic (exact) mass is 260 g/mol. The first-order valence-electron chi connectivity index (χ1n) is 5.22. The highest BCUT2D eigenvalue weighted by Crippen LogP contribution is 2.29. The molecular weight excluding hydrogens is 252 g/mol. The highest BCUT2D eigenvalue weighted by Gasteiger charge is 2.10. The van der Waals surface area contributed by atoms with Gasteiger partial charge in [-0.15, -0.1) is 11.3 Å². The van der Waals surface area contributed by atoms with Crippen molar-refractivity contribution in [3.63, 3.8) is 0 Å². The van der Waals surface area contributed by atoms with Gasteiger partial charge in [0.15, 0.2) is 5.82 Å². The van der Waals surface area contributed by atoms with Crippen LogP contribution in [0.1, 0.15) is 5.56 Å². The fourth-order valence-electron chi connectivity index (χ4n) is 1.74. The molecule has 0 aliphatic carbocycles. The van der Waals surface area contributed by atoms with Crippen LogP contribution in [0.4, 0.5) is 0 Å². The Morgan fingerprint density at radius 3 is 2.71 bits per heavy atom. The maximum Gasteiger partial charge on any atom is 0.171 e. The molecule has 2 aromatic heterocycles. The maximum atomic E-state index is 6.18. The van der Waals surface area contributed by atoms with E-state index in [1.807, 2.05) is 29.6 Å². The van der Waals surface area contributed by atoms with Crippen molar-refractivity contribution >= 4 is 33.8 Å². The molecule has 1 aromatic carbocycles. The van der Waals surface area contributed by atoms with Crippen molar-refractivity contribution in [2.45, 2.75) is 6.92 Å². The van der Waals surface area contributed by atoms with E-state index >= 15 is 0 Å². The van der Waals surface area contributed by atoms with Crippen LogP contribution in [-0.4, -0.2) is 9.97 Å². The first-order valence-corrected chi connectivity index (χ1v) is 6.48. The highest BCUT2D eigenvalue weighted by atomic mass is 35.5. The van der Waals surface area contributed by atoms with E-state index in [0.29, 0.717) is 11.0 Å². The van der Waals surface area contributed by atoms with Gasteiger partial charge < -0.3 is 0 Å². The van der Waals surface area contributed by atoms with Crippen molar-refractivity contribution in [2.75, 3.05) is 0 Å². The van der Waals surface area contributed by atoms with Crippen molar-refractivity contribution in [1.82, 2.24) is 9.97 Å². The fourth-order valence-corrected chi connectivity index (χ4v) is 2.84. The number of nitrogens with zero attached hydrogens (tertiary/aromatic N) is 2. The number of para-hydroxylation sites is 1. The van der Waals surface area contributed by atoms with Crippen molar-refractivity contribution in [2.24, 2.45) is 0 Å². The van der Waals surface area contributed by atoms with E-state index in [4.69, 9.17) is 11.6 Å². The lowest BCUT2D eigenvalue weighted by atomic mass is 10.2. The number of benzene rings is 1. The van der Waals surface area contributed by atoms with Gasteiger partial charge in [0.1, 0.15) is 5.15 Å². The summed E-state index contributed by atoms with van der Waals surface area (Å²) in [4.78, 5) is 10.0. The summed E-state index contributed by atoms with van der Waals surface area (Å²) in [6.07, 6.45) is 0. The Labute approximate surface area is 108 Å². The lowest BCUT2D eigenvalue weighted by Crippen LogP contribution is -1.90. The van der Waals surface area contributed by atoms with Gasteiger partial charge in [0.25, 0.3) is 0 Å². The maximum absolute atomic E-state index is 6.18. The molecule has 0 N–H and O–H groups in total. The number of hydrogen-bond donors (Lipinski definition) is 0. The summed E-state index contributed by atoms with van der Waals surface area (Å²) in [6.45, 7) is 2.05. The Balaban J connectivity index is 2.29. The molecule has 0 spiro atoms. The molecule has 3 aromatic rings. The van der Waals surface area contributed by atoms with Gasteiger partial charge >= 0.3 is 0 Å². The molecule has 0 bridgehead atoms. The van der Waals surface area contributed by atoms with Crippen LogP contribution in [-0.2, 0) is 0 Å². The van der Waals surface area contributed by atoms with Gasteiger partial charge in [0.2, 0.25) is 0 Å². The van der Waals surface area contributed by atoms with Crippen LogP contribution in [0, 0.1) is 6.92 Å². The van der Waals surface area contributed by atoms with Crippen LogP contribution < -0.4 is 0 Å². The van der Waals surface area contributed by atoms with E-state index in [9.17, 15) is 0 Å². The average Bonchev–Trinajstić information content (AvgIpc) is 2.75. The van der Waals surface area contributed by atoms with Gasteiger partial charge in [-0.3, -0.25) is 0 Å². The van der Waals surface area contributed by atoms with Crippen molar-refractivity contribution in [3.8, 4) is 10.7 Å². The number of halogens is 1. The smallest absolute Gasteiger partial charge is 0.171 e. The molecule has 0 amide bonds. The molecule has 3 rings (SSSR count). The number of thiophene rings is 1. The van der Waals surface area contributed by atoms with Gasteiger partial charge in [-0.1, -0.05) is 23.7 Å². The molecule has 2 heterocycles. The lowest BCUT2D eigenvalue weighted by Gasteiger charge is -2.03. The molecule has 17 heavy (non-hydrogen) atoms. The zero-order valence-corrected chi connectivity index (χ0v) is 10.7. The first-order chi connectivity index (χ1) is 8.25. The van der Waals surface area contributed by atoms with Gasteiger partial charge in [-0.05, 0) is 36.1 Å². The molecule has 0 unspecified atom stereocenters. The predicted molar refractivity (Wildman–Crippen MR) is 72.6 cm³/mol. The Morgan fingerprint density at radius 1 is 1.12 bits per heavy atom. The first kappa shape index (κ1) is 10.7. The molecule has 0 fully saturated rings. The van der Waals surface area contributed by atoms with Gasteiger partial charge in [-0.2, -0.15) is 0 Å². The molecule has 2 nitrogen and oxygen atoms in total. The van der Waals surface area contributed by atoms with Crippen LogP contribution in [0.5, 0.6) is 0 Å². The number of hydrogen-bond acceptors (Lipinski definition) is 3. The number of aryl methyl sites for hydroxylation is 1. The highest BCUT2D eigenvalue weighted by molar-refractivity contribution is 7.13. The van der Waals surface area contributed by atoms with E-state index < -0.39 is 0 Å². The standard InChI is InChI=1S/C13H9ClN2S/c1-8-6-7-17-11(8)13-15-10-5-3-2-4-9(10)12(14)16-13/h2-7H,1H3. The van der Waals surface area contributed by atoms with Crippen molar-refractivity contribution in [3.05, 3.63) is 46.4 Å². The summed E-state index contributed by atoms with van der Waals surface area (Å²) in [5.74, 6) is 0.709. The van der Waals surface area contributed by atoms with Crippen LogP contribution in [0.15, 0.2) is 35.7 Å². The zero-order chi connectivity index (χ0) is 11.8. The molecule has 0 saturated heterocycles. The Kier molecular flexibility index (Phi) is 2.57. The molecule has 0 saturated carbocycles. The Hall–Kier alpha value is -1.45. The third-order valence-electron chi connectivity index (χ3n) is 2.62. The minimum Gasteiger partial charge on any atom is -0.227 e. The third-order valence-corrected chi connectivity index (χ3v) is 3.92. The predicted octanol–water partition coefficient (Wildman–Crippen LogP) is 4.32. The third kappa shape index (κ3) is 1.81. The Bertz CT molecular complexity index is 691. The van der Waals surface area contributed by atoms with Crippen molar-refractivity contribution < 1.29 is 0 Å². The quantitative estimate of drug-likeness (QED) is 0.609. The largest absolute Gasteiger partial charge is 0.227 e. The SMILES string of the molecule is Cc1ccsc1-c1nc(Cl)c2ccccc2n1. The second-order valence-electron chi connectivity index (χ2n) is 3.79. The zero-order valence-electron chi connectivity index (χ0n) is 9.14. The molecular formula is C13H9ClN2S. The molecule has 4 heteroatoms. The number of rotatable bonds is 1. The van der Waals surface area contributed by atoms with Gasteiger partial charge in [0.05, 0.1) is 10.4 Å². The van der Waals surface area contributed by atoms with Crippen LogP contribution in [0.3, 0.4) is 0 Å². The fraction of sp³-hybridized carbons (Fsp3) is 0.0769. The Morgan fingerprint density at radius 2 is 1.94 bits per heavy atom. The molecule has 84 valence electrons. The molecule has 0 atom stereocenters. The van der Waals surface area contributed by atoms with Crippen LogP contribution >= 0.6 is 22.9 Å². The summed E-state index contributed by atoms with van der Waals surface area (Å²) in [5.41, 5.74) is 2.07. The number of fused-ring (bicyclic) bond motifs is 1. The van der Waals surface area contributed by atoms with E-state index in [-0.39, 0.29) is 0 Å². The minimum atomic E-state index is 0.512. The van der Waals surface area contributed by atoms with Crippen LogP contribution in [0.25, 0.3) is 21.6 Å². The second-order valence-corrected chi connectivity index (χ2v) is 5.06. The average molecular weight is 261 g/mol. The number of aromatic nitrogens is 2. The van der Waals surface area contributed by atoms with E-state index in [1.165, 1.54) is 5.56 Å². The topological polar surface area (TPSA) is 25.8 Å². The minimum absolute atomic E-state index is 0.512. The molecule has 0 radical (unpaired) electrons. The second kappa shape index (κ2) is 4.09. The molecule has 0 aliphatic rings. The van der Waals surface area contributed by atoms with Crippen LogP contribution in [0.2, 0.25) is 5.15 Å². The van der Waals surface area contributed by atoms with Crippen molar-refractivity contribution in [1.29, 1.82) is 0 Å². The summed E-state index contributed by atoms with van der Waals surface area (Å²) >= 11 is 7.82. The lowest BCUT2D eigenvalue weighted by molar-refractivity contribution is 1.23. The van der Waals surface area contributed by atoms with Gasteiger partial charge in [0, 0.05) is 5.39 Å². The van der Waals surface area contributed by atoms with E-state index in [0.717, 1.165) is 15.8 Å². The normalized spacial score (nSPS) is 10.9.